The number of nitrogens with zero attached hydrogens (tertiary/aromatic N) is 2. The molecule has 2 saturated carbocycles. The van der Waals surface area contributed by atoms with Crippen molar-refractivity contribution in [3.8, 4) is 0 Å². The summed E-state index contributed by atoms with van der Waals surface area (Å²) >= 11 is 0. The minimum atomic E-state index is -0.175. The first-order chi connectivity index (χ1) is 10.3. The average Bonchev–Trinajstić information content (AvgIpc) is 3.10. The summed E-state index contributed by atoms with van der Waals surface area (Å²) in [4.78, 5) is 6.83. The Balaban J connectivity index is 1.45. The number of aromatic nitrogens is 1. The predicted molar refractivity (Wildman–Crippen MR) is 76.8 cm³/mol. The Labute approximate surface area is 125 Å². The first-order valence-corrected chi connectivity index (χ1v) is 8.26. The van der Waals surface area contributed by atoms with Crippen molar-refractivity contribution in [3.63, 3.8) is 0 Å². The molecule has 0 radical (unpaired) electrons. The standard InChI is InChI=1S/C16H24N2O3/c19-14-3-1-2-12(14)13-10-20-7-6-18(13)9-16-17-8-15(21-16)11-4-5-11/h8,11-14,19H,1-7,9-10H2/t12-,13-,14-/m1/s1. The number of morpholine rings is 1. The quantitative estimate of drug-likeness (QED) is 0.918. The van der Waals surface area contributed by atoms with Crippen LogP contribution in [0.5, 0.6) is 0 Å². The zero-order valence-electron chi connectivity index (χ0n) is 12.4. The van der Waals surface area contributed by atoms with E-state index in [2.05, 4.69) is 9.88 Å². The molecule has 1 N–H and O–H groups in total. The SMILES string of the molecule is O[C@@H]1CCC[C@@H]1[C@H]1COCCN1Cc1ncc(C2CC2)o1. The maximum atomic E-state index is 10.2. The van der Waals surface area contributed by atoms with E-state index in [4.69, 9.17) is 9.15 Å². The molecule has 1 aromatic heterocycles. The molecular weight excluding hydrogens is 268 g/mol. The molecular formula is C16H24N2O3. The van der Waals surface area contributed by atoms with E-state index in [0.717, 1.165) is 57.2 Å². The Bertz CT molecular complexity index is 486. The van der Waals surface area contributed by atoms with Crippen molar-refractivity contribution in [3.05, 3.63) is 17.8 Å². The van der Waals surface area contributed by atoms with Crippen LogP contribution in [0.15, 0.2) is 10.6 Å². The molecule has 116 valence electrons. The van der Waals surface area contributed by atoms with E-state index < -0.39 is 0 Å². The van der Waals surface area contributed by atoms with E-state index in [1.54, 1.807) is 0 Å². The van der Waals surface area contributed by atoms with Crippen LogP contribution >= 0.6 is 0 Å². The molecule has 1 aliphatic heterocycles. The second-order valence-electron chi connectivity index (χ2n) is 6.71. The van der Waals surface area contributed by atoms with Crippen molar-refractivity contribution in [2.75, 3.05) is 19.8 Å². The van der Waals surface area contributed by atoms with Gasteiger partial charge in [0.1, 0.15) is 5.76 Å². The highest BCUT2D eigenvalue weighted by Crippen LogP contribution is 2.40. The van der Waals surface area contributed by atoms with Crippen molar-refractivity contribution < 1.29 is 14.3 Å². The lowest BCUT2D eigenvalue weighted by atomic mass is 9.94. The fraction of sp³-hybridized carbons (Fsp3) is 0.812. The van der Waals surface area contributed by atoms with Gasteiger partial charge < -0.3 is 14.3 Å². The molecule has 0 unspecified atom stereocenters. The third kappa shape index (κ3) is 2.87. The number of aliphatic hydroxyl groups is 1. The molecule has 3 aliphatic rings. The number of aliphatic hydroxyl groups excluding tert-OH is 1. The third-order valence-electron chi connectivity index (χ3n) is 5.20. The van der Waals surface area contributed by atoms with E-state index >= 15 is 0 Å². The summed E-state index contributed by atoms with van der Waals surface area (Å²) in [5.74, 6) is 2.82. The molecule has 1 saturated heterocycles. The number of hydrogen-bond acceptors (Lipinski definition) is 5. The lowest BCUT2D eigenvalue weighted by Crippen LogP contribution is -2.50. The van der Waals surface area contributed by atoms with Crippen molar-refractivity contribution in [1.82, 2.24) is 9.88 Å². The molecule has 3 atom stereocenters. The topological polar surface area (TPSA) is 58.7 Å². The summed E-state index contributed by atoms with van der Waals surface area (Å²) < 4.78 is 11.6. The molecule has 21 heavy (non-hydrogen) atoms. The molecule has 2 aliphatic carbocycles. The normalized spacial score (nSPS) is 34.4. The van der Waals surface area contributed by atoms with Crippen LogP contribution < -0.4 is 0 Å². The van der Waals surface area contributed by atoms with Crippen LogP contribution in [-0.4, -0.2) is 46.9 Å². The van der Waals surface area contributed by atoms with Crippen LogP contribution in [0.4, 0.5) is 0 Å². The maximum absolute atomic E-state index is 10.2. The third-order valence-corrected chi connectivity index (χ3v) is 5.20. The van der Waals surface area contributed by atoms with Crippen molar-refractivity contribution in [2.45, 2.75) is 56.7 Å². The summed E-state index contributed by atoms with van der Waals surface area (Å²) in [6, 6.07) is 0.299. The van der Waals surface area contributed by atoms with Crippen LogP contribution in [0.2, 0.25) is 0 Å². The monoisotopic (exact) mass is 292 g/mol. The molecule has 0 amide bonds. The molecule has 1 aromatic rings. The Kier molecular flexibility index (Phi) is 3.73. The van der Waals surface area contributed by atoms with Crippen molar-refractivity contribution in [1.29, 1.82) is 0 Å². The van der Waals surface area contributed by atoms with Gasteiger partial charge in [-0.2, -0.15) is 0 Å². The van der Waals surface area contributed by atoms with Gasteiger partial charge in [-0.25, -0.2) is 4.98 Å². The van der Waals surface area contributed by atoms with Gasteiger partial charge in [-0.1, -0.05) is 6.42 Å². The van der Waals surface area contributed by atoms with Gasteiger partial charge in [-0.05, 0) is 25.7 Å². The summed E-state index contributed by atoms with van der Waals surface area (Å²) in [6.45, 7) is 3.12. The summed E-state index contributed by atoms with van der Waals surface area (Å²) in [5.41, 5.74) is 0. The molecule has 2 heterocycles. The number of oxazole rings is 1. The Morgan fingerprint density at radius 1 is 1.29 bits per heavy atom. The zero-order valence-corrected chi connectivity index (χ0v) is 12.4. The molecule has 5 heteroatoms. The van der Waals surface area contributed by atoms with E-state index in [9.17, 15) is 5.11 Å². The van der Waals surface area contributed by atoms with E-state index in [1.165, 1.54) is 12.8 Å². The van der Waals surface area contributed by atoms with Gasteiger partial charge in [0.2, 0.25) is 5.89 Å². The van der Waals surface area contributed by atoms with E-state index in [0.29, 0.717) is 17.9 Å². The molecule has 0 aromatic carbocycles. The lowest BCUT2D eigenvalue weighted by molar-refractivity contribution is -0.0563. The minimum absolute atomic E-state index is 0.175. The van der Waals surface area contributed by atoms with Gasteiger partial charge in [-0.15, -0.1) is 0 Å². The first-order valence-electron chi connectivity index (χ1n) is 8.26. The van der Waals surface area contributed by atoms with Crippen LogP contribution in [-0.2, 0) is 11.3 Å². The van der Waals surface area contributed by atoms with Crippen molar-refractivity contribution >= 4 is 0 Å². The van der Waals surface area contributed by atoms with Gasteiger partial charge in [-0.3, -0.25) is 4.90 Å². The fourth-order valence-electron chi connectivity index (χ4n) is 3.79. The summed E-state index contributed by atoms with van der Waals surface area (Å²) in [5, 5.41) is 10.2. The van der Waals surface area contributed by atoms with Gasteiger partial charge in [0.25, 0.3) is 0 Å². The number of hydrogen-bond donors (Lipinski definition) is 1. The largest absolute Gasteiger partial charge is 0.444 e. The first kappa shape index (κ1) is 13.7. The van der Waals surface area contributed by atoms with Crippen LogP contribution in [0.1, 0.15) is 49.7 Å². The molecule has 3 fully saturated rings. The Morgan fingerprint density at radius 2 is 2.19 bits per heavy atom. The minimum Gasteiger partial charge on any atom is -0.444 e. The molecule has 0 bridgehead atoms. The highest BCUT2D eigenvalue weighted by molar-refractivity contribution is 5.08. The smallest absolute Gasteiger partial charge is 0.208 e. The highest BCUT2D eigenvalue weighted by Gasteiger charge is 2.38. The van der Waals surface area contributed by atoms with Crippen LogP contribution in [0, 0.1) is 5.92 Å². The second kappa shape index (κ2) is 5.71. The Morgan fingerprint density at radius 3 is 2.95 bits per heavy atom. The van der Waals surface area contributed by atoms with Crippen molar-refractivity contribution in [2.24, 2.45) is 5.92 Å². The van der Waals surface area contributed by atoms with E-state index in [1.807, 2.05) is 6.20 Å². The highest BCUT2D eigenvalue weighted by atomic mass is 16.5. The molecule has 4 rings (SSSR count). The number of rotatable bonds is 4. The van der Waals surface area contributed by atoms with Crippen LogP contribution in [0.3, 0.4) is 0 Å². The molecule has 0 spiro atoms. The average molecular weight is 292 g/mol. The Hall–Kier alpha value is -0.910. The molecule has 5 nitrogen and oxygen atoms in total. The zero-order chi connectivity index (χ0) is 14.2. The van der Waals surface area contributed by atoms with Gasteiger partial charge in [0.15, 0.2) is 0 Å². The van der Waals surface area contributed by atoms with Crippen LogP contribution in [0.25, 0.3) is 0 Å². The lowest BCUT2D eigenvalue weighted by Gasteiger charge is -2.39. The fourth-order valence-corrected chi connectivity index (χ4v) is 3.79. The summed E-state index contributed by atoms with van der Waals surface area (Å²) in [7, 11) is 0. The summed E-state index contributed by atoms with van der Waals surface area (Å²) in [6.07, 6.45) is 7.36. The van der Waals surface area contributed by atoms with E-state index in [-0.39, 0.29) is 6.10 Å². The maximum Gasteiger partial charge on any atom is 0.208 e. The van der Waals surface area contributed by atoms with Gasteiger partial charge >= 0.3 is 0 Å². The van der Waals surface area contributed by atoms with Gasteiger partial charge in [0, 0.05) is 24.4 Å². The number of ether oxygens (including phenoxy) is 1. The predicted octanol–water partition coefficient (Wildman–Crippen LogP) is 1.91. The van der Waals surface area contributed by atoms with Gasteiger partial charge in [0.05, 0.1) is 32.1 Å². The second-order valence-corrected chi connectivity index (χ2v) is 6.71.